The van der Waals surface area contributed by atoms with Crippen LogP contribution in [0.3, 0.4) is 0 Å². The van der Waals surface area contributed by atoms with Crippen LogP contribution >= 0.6 is 0 Å². The van der Waals surface area contributed by atoms with Gasteiger partial charge in [-0.2, -0.15) is 0 Å². The molecule has 0 radical (unpaired) electrons. The molecule has 6 fully saturated rings. The van der Waals surface area contributed by atoms with Gasteiger partial charge in [0, 0.05) is 112 Å². The van der Waals surface area contributed by atoms with Crippen molar-refractivity contribution in [3.8, 4) is 0 Å². The Hall–Kier alpha value is -5.50. The molecule has 64 heavy (non-hydrogen) atoms. The minimum absolute atomic E-state index is 0.00176. The number of nitrogens with two attached hydrogens (primary N) is 2. The predicted octanol–water partition coefficient (Wildman–Crippen LogP) is 3.38. The Morgan fingerprint density at radius 2 is 0.891 bits per heavy atom. The number of benzene rings is 2. The molecule has 0 spiro atoms. The summed E-state index contributed by atoms with van der Waals surface area (Å²) in [6.07, 6.45) is 6.57. The molecule has 14 nitrogen and oxygen atoms in total. The van der Waals surface area contributed by atoms with Gasteiger partial charge in [0.25, 0.3) is 0 Å². The summed E-state index contributed by atoms with van der Waals surface area (Å²) in [6.45, 7) is 3.81. The second-order valence-electron chi connectivity index (χ2n) is 17.5. The van der Waals surface area contributed by atoms with Crippen LogP contribution < -0.4 is 11.5 Å². The number of aliphatic carboxylic acids is 2. The third-order valence-corrected chi connectivity index (χ3v) is 12.6. The van der Waals surface area contributed by atoms with Crippen molar-refractivity contribution >= 4 is 35.6 Å². The van der Waals surface area contributed by atoms with Crippen molar-refractivity contribution in [2.24, 2.45) is 35.1 Å². The summed E-state index contributed by atoms with van der Waals surface area (Å²) in [6, 6.07) is 1.21. The fraction of sp³-hybridized carbons (Fsp3) is 0.545. The predicted molar refractivity (Wildman–Crippen MR) is 215 cm³/mol. The van der Waals surface area contributed by atoms with Crippen LogP contribution in [0.25, 0.3) is 0 Å². The van der Waals surface area contributed by atoms with E-state index in [1.54, 1.807) is 9.80 Å². The van der Waals surface area contributed by atoms with E-state index in [1.165, 1.54) is 0 Å². The molecule has 4 saturated heterocycles. The third-order valence-electron chi connectivity index (χ3n) is 12.6. The third kappa shape index (κ3) is 12.2. The first-order valence-corrected chi connectivity index (χ1v) is 21.4. The van der Waals surface area contributed by atoms with E-state index in [-0.39, 0.29) is 84.4 Å². The Labute approximate surface area is 365 Å². The van der Waals surface area contributed by atoms with Gasteiger partial charge in [0.15, 0.2) is 23.3 Å². The average molecular weight is 907 g/mol. The number of halogens is 6. The molecule has 0 aromatic heterocycles. The van der Waals surface area contributed by atoms with E-state index in [1.807, 2.05) is 9.80 Å². The van der Waals surface area contributed by atoms with Gasteiger partial charge in [0.05, 0.1) is 12.1 Å². The molecular formula is C44H52F6N6O8. The standard InChI is InChI=1S/2C20H24F3N3O2.C4H4O4/c2*21-15-8-17(23)16(22)6-13(15)5-14(24)7-19(27)26-4-3-12-9-25(10-18(12)26)20(28)11-1-2-11;5-3(6)1-2-4(7)8/h2*6,8,11-12,14,18H,1-5,7,9-10,24H2;1-2H,(H,5,6)(H,7,8)/b;;2-1+/t2*12-,14-,18+;/m11./s1. The van der Waals surface area contributed by atoms with Crippen LogP contribution in [0, 0.1) is 58.6 Å². The number of fused-ring (bicyclic) bond motifs is 2. The average Bonchev–Trinajstić information content (AvgIpc) is 4.09. The molecular weight excluding hydrogens is 855 g/mol. The first-order valence-electron chi connectivity index (χ1n) is 21.4. The minimum Gasteiger partial charge on any atom is -0.478 e. The van der Waals surface area contributed by atoms with Crippen molar-refractivity contribution < 1.29 is 65.3 Å². The van der Waals surface area contributed by atoms with E-state index in [0.717, 1.165) is 50.7 Å². The Morgan fingerprint density at radius 3 is 1.22 bits per heavy atom. The molecule has 8 rings (SSSR count). The Kier molecular flexibility index (Phi) is 15.4. The van der Waals surface area contributed by atoms with E-state index in [2.05, 4.69) is 0 Å². The summed E-state index contributed by atoms with van der Waals surface area (Å²) < 4.78 is 80.4. The molecule has 348 valence electrons. The number of carboxylic acids is 2. The Balaban J connectivity index is 0.000000182. The van der Waals surface area contributed by atoms with Crippen molar-refractivity contribution in [1.82, 2.24) is 19.6 Å². The lowest BCUT2D eigenvalue weighted by Crippen LogP contribution is -2.43. The molecule has 4 amide bonds. The summed E-state index contributed by atoms with van der Waals surface area (Å²) in [4.78, 5) is 76.5. The molecule has 4 heterocycles. The van der Waals surface area contributed by atoms with Crippen LogP contribution in [-0.4, -0.2) is 129 Å². The molecule has 4 aliphatic heterocycles. The van der Waals surface area contributed by atoms with E-state index in [0.29, 0.717) is 75.4 Å². The van der Waals surface area contributed by atoms with Crippen LogP contribution in [0.2, 0.25) is 0 Å². The van der Waals surface area contributed by atoms with E-state index < -0.39 is 58.9 Å². The van der Waals surface area contributed by atoms with Crippen LogP contribution in [-0.2, 0) is 41.6 Å². The maximum Gasteiger partial charge on any atom is 0.328 e. The number of rotatable bonds is 12. The second kappa shape index (κ2) is 20.6. The number of carboxylic acid groups (broad SMARTS) is 2. The zero-order chi connectivity index (χ0) is 46.6. The lowest BCUT2D eigenvalue weighted by atomic mass is 10.0. The first-order chi connectivity index (χ1) is 30.3. The van der Waals surface area contributed by atoms with Gasteiger partial charge >= 0.3 is 11.9 Å². The van der Waals surface area contributed by atoms with E-state index in [9.17, 15) is 55.1 Å². The number of hydrogen-bond donors (Lipinski definition) is 4. The highest BCUT2D eigenvalue weighted by atomic mass is 19.2. The largest absolute Gasteiger partial charge is 0.478 e. The van der Waals surface area contributed by atoms with Crippen LogP contribution in [0.1, 0.15) is 62.5 Å². The molecule has 2 aromatic carbocycles. The number of likely N-dealkylation sites (tertiary alicyclic amines) is 4. The highest BCUT2D eigenvalue weighted by Gasteiger charge is 2.48. The quantitative estimate of drug-likeness (QED) is 0.139. The van der Waals surface area contributed by atoms with Crippen molar-refractivity contribution in [2.75, 3.05) is 39.3 Å². The summed E-state index contributed by atoms with van der Waals surface area (Å²) in [5.41, 5.74) is 11.9. The van der Waals surface area contributed by atoms with Gasteiger partial charge < -0.3 is 41.3 Å². The summed E-state index contributed by atoms with van der Waals surface area (Å²) in [5.74, 6) is -7.95. The van der Waals surface area contributed by atoms with Gasteiger partial charge in [-0.05, 0) is 74.6 Å². The van der Waals surface area contributed by atoms with Crippen molar-refractivity contribution in [1.29, 1.82) is 0 Å². The van der Waals surface area contributed by atoms with Gasteiger partial charge in [-0.25, -0.2) is 35.9 Å². The molecule has 0 bridgehead atoms. The molecule has 2 saturated carbocycles. The summed E-state index contributed by atoms with van der Waals surface area (Å²) in [5, 5.41) is 15.6. The number of carbonyl (C=O) groups excluding carboxylic acids is 4. The minimum atomic E-state index is -1.26. The van der Waals surface area contributed by atoms with Gasteiger partial charge in [0.2, 0.25) is 23.6 Å². The van der Waals surface area contributed by atoms with Crippen molar-refractivity contribution in [3.63, 3.8) is 0 Å². The zero-order valence-electron chi connectivity index (χ0n) is 35.0. The van der Waals surface area contributed by atoms with Gasteiger partial charge in [-0.1, -0.05) is 0 Å². The summed E-state index contributed by atoms with van der Waals surface area (Å²) in [7, 11) is 0. The van der Waals surface area contributed by atoms with Crippen molar-refractivity contribution in [3.05, 3.63) is 82.4 Å². The lowest BCUT2D eigenvalue weighted by molar-refractivity contribution is -0.135. The summed E-state index contributed by atoms with van der Waals surface area (Å²) >= 11 is 0. The Bertz CT molecular complexity index is 2010. The van der Waals surface area contributed by atoms with E-state index >= 15 is 0 Å². The van der Waals surface area contributed by atoms with Gasteiger partial charge in [-0.15, -0.1) is 0 Å². The Morgan fingerprint density at radius 1 is 0.547 bits per heavy atom. The molecule has 0 unspecified atom stereocenters. The molecule has 6 N–H and O–H groups in total. The zero-order valence-corrected chi connectivity index (χ0v) is 35.0. The maximum atomic E-state index is 13.8. The molecule has 2 aromatic rings. The van der Waals surface area contributed by atoms with Crippen LogP contribution in [0.4, 0.5) is 26.3 Å². The van der Waals surface area contributed by atoms with Gasteiger partial charge in [0.1, 0.15) is 11.6 Å². The van der Waals surface area contributed by atoms with Crippen LogP contribution in [0.5, 0.6) is 0 Å². The van der Waals surface area contributed by atoms with Crippen molar-refractivity contribution in [2.45, 2.75) is 88.4 Å². The molecule has 6 atom stereocenters. The highest BCUT2D eigenvalue weighted by Crippen LogP contribution is 2.38. The fourth-order valence-corrected chi connectivity index (χ4v) is 9.05. The maximum absolute atomic E-state index is 13.8. The highest BCUT2D eigenvalue weighted by molar-refractivity contribution is 5.89. The van der Waals surface area contributed by atoms with Crippen LogP contribution in [0.15, 0.2) is 36.4 Å². The molecule has 20 heteroatoms. The normalized spacial score (nSPS) is 23.2. The van der Waals surface area contributed by atoms with Gasteiger partial charge in [-0.3, -0.25) is 19.2 Å². The molecule has 2 aliphatic carbocycles. The first kappa shape index (κ1) is 48.0. The SMILES string of the molecule is N[C@@H](CC(=O)N1CC[C@@H]2CN(C(=O)C3CC3)C[C@@H]21)Cc1cc(F)c(F)cc1F.N[C@@H](CC(=O)N1CC[C@@H]2CN(C(=O)C3CC3)C[C@@H]21)Cc1cc(F)c(F)cc1F.O=C(O)/C=C/C(=O)O. The molecule has 6 aliphatic rings. The topological polar surface area (TPSA) is 208 Å². The lowest BCUT2D eigenvalue weighted by Gasteiger charge is -2.26. The number of hydrogen-bond acceptors (Lipinski definition) is 8. The number of amides is 4. The fourth-order valence-electron chi connectivity index (χ4n) is 9.05. The number of nitrogens with zero attached hydrogens (tertiary/aromatic N) is 4. The smallest absolute Gasteiger partial charge is 0.328 e. The number of carbonyl (C=O) groups is 6. The monoisotopic (exact) mass is 906 g/mol. The second-order valence-corrected chi connectivity index (χ2v) is 17.5. The van der Waals surface area contributed by atoms with E-state index in [4.69, 9.17) is 21.7 Å².